The molecule has 0 aliphatic carbocycles. The SMILES string of the molecule is COc1ncccc1NC(=O)c1cn2c(nc1=O)C1(CCN(S(C)(=O)=O)C1)CC2. The van der Waals surface area contributed by atoms with E-state index in [0.717, 1.165) is 0 Å². The molecule has 29 heavy (non-hydrogen) atoms. The molecular formula is C18H21N5O5S. The fourth-order valence-electron chi connectivity index (χ4n) is 4.03. The topological polar surface area (TPSA) is 123 Å². The molecular weight excluding hydrogens is 398 g/mol. The largest absolute Gasteiger partial charge is 0.480 e. The van der Waals surface area contributed by atoms with Crippen LogP contribution in [0.15, 0.2) is 29.3 Å². The van der Waals surface area contributed by atoms with Gasteiger partial charge in [0.05, 0.1) is 13.4 Å². The number of aromatic nitrogens is 3. The highest BCUT2D eigenvalue weighted by Crippen LogP contribution is 2.41. The summed E-state index contributed by atoms with van der Waals surface area (Å²) in [5, 5.41) is 2.63. The van der Waals surface area contributed by atoms with Gasteiger partial charge in [0.25, 0.3) is 11.5 Å². The van der Waals surface area contributed by atoms with Crippen LogP contribution in [-0.4, -0.2) is 59.6 Å². The minimum atomic E-state index is -3.31. The number of rotatable bonds is 4. The van der Waals surface area contributed by atoms with E-state index in [1.54, 1.807) is 16.7 Å². The molecule has 4 heterocycles. The van der Waals surface area contributed by atoms with Gasteiger partial charge in [0, 0.05) is 37.4 Å². The summed E-state index contributed by atoms with van der Waals surface area (Å²) in [5.41, 5.74) is -0.865. The van der Waals surface area contributed by atoms with Crippen molar-refractivity contribution in [3.8, 4) is 5.88 Å². The van der Waals surface area contributed by atoms with E-state index in [9.17, 15) is 18.0 Å². The first-order valence-corrected chi connectivity index (χ1v) is 11.0. The number of carbonyl (C=O) groups is 1. The zero-order valence-electron chi connectivity index (χ0n) is 16.1. The van der Waals surface area contributed by atoms with Gasteiger partial charge in [-0.15, -0.1) is 0 Å². The van der Waals surface area contributed by atoms with Crippen LogP contribution in [0.25, 0.3) is 0 Å². The molecule has 1 atom stereocenters. The first-order valence-electron chi connectivity index (χ1n) is 9.11. The normalized spacial score (nSPS) is 21.3. The molecule has 1 spiro atoms. The summed E-state index contributed by atoms with van der Waals surface area (Å²) < 4.78 is 32.1. The number of anilines is 1. The summed E-state index contributed by atoms with van der Waals surface area (Å²) in [7, 11) is -1.87. The summed E-state index contributed by atoms with van der Waals surface area (Å²) in [6.45, 7) is 1.27. The van der Waals surface area contributed by atoms with E-state index in [1.165, 1.54) is 30.1 Å². The van der Waals surface area contributed by atoms with E-state index < -0.39 is 26.9 Å². The maximum atomic E-state index is 12.7. The number of nitrogens with one attached hydrogen (secondary N) is 1. The number of fused-ring (bicyclic) bond motifs is 2. The van der Waals surface area contributed by atoms with Crippen molar-refractivity contribution < 1.29 is 17.9 Å². The molecule has 2 aliphatic heterocycles. The number of hydrogen-bond acceptors (Lipinski definition) is 7. The average molecular weight is 419 g/mol. The molecule has 11 heteroatoms. The zero-order valence-corrected chi connectivity index (χ0v) is 16.9. The van der Waals surface area contributed by atoms with Gasteiger partial charge in [0.1, 0.15) is 17.1 Å². The molecule has 2 aromatic heterocycles. The fourth-order valence-corrected chi connectivity index (χ4v) is 4.94. The minimum absolute atomic E-state index is 0.0883. The standard InChI is InChI=1S/C18H21N5O5S/c1-28-16-13(4-3-7-19-16)20-14(24)12-10-22-8-5-18(17(22)21-15(12)25)6-9-23(11-18)29(2,26)27/h3-4,7,10H,5-6,8-9,11H2,1-2H3,(H,20,24). The van der Waals surface area contributed by atoms with Crippen LogP contribution >= 0.6 is 0 Å². The Morgan fingerprint density at radius 3 is 2.76 bits per heavy atom. The Hall–Kier alpha value is -2.79. The van der Waals surface area contributed by atoms with Crippen molar-refractivity contribution in [2.75, 3.05) is 31.8 Å². The molecule has 0 radical (unpaired) electrons. The Labute approximate surface area is 167 Å². The van der Waals surface area contributed by atoms with Crippen LogP contribution in [-0.2, 0) is 22.0 Å². The smallest absolute Gasteiger partial charge is 0.285 e. The number of methoxy groups -OCH3 is 1. The fraction of sp³-hybridized carbons (Fsp3) is 0.444. The van der Waals surface area contributed by atoms with Crippen molar-refractivity contribution in [1.82, 2.24) is 18.8 Å². The van der Waals surface area contributed by atoms with Crippen LogP contribution in [0, 0.1) is 0 Å². The van der Waals surface area contributed by atoms with Crippen LogP contribution in [0.4, 0.5) is 5.69 Å². The summed E-state index contributed by atoms with van der Waals surface area (Å²) in [4.78, 5) is 33.5. The third-order valence-corrected chi connectivity index (χ3v) is 6.80. The minimum Gasteiger partial charge on any atom is -0.480 e. The van der Waals surface area contributed by atoms with E-state index in [0.29, 0.717) is 44.0 Å². The quantitative estimate of drug-likeness (QED) is 0.751. The number of amides is 1. The van der Waals surface area contributed by atoms with Gasteiger partial charge in [-0.3, -0.25) is 9.59 Å². The Morgan fingerprint density at radius 1 is 1.31 bits per heavy atom. The molecule has 2 aliphatic rings. The van der Waals surface area contributed by atoms with Gasteiger partial charge in [-0.1, -0.05) is 0 Å². The lowest BCUT2D eigenvalue weighted by molar-refractivity contribution is 0.102. The molecule has 2 aromatic rings. The van der Waals surface area contributed by atoms with Gasteiger partial charge in [-0.05, 0) is 25.0 Å². The monoisotopic (exact) mass is 419 g/mol. The molecule has 0 bridgehead atoms. The van der Waals surface area contributed by atoms with E-state index in [1.807, 2.05) is 0 Å². The molecule has 1 N–H and O–H groups in total. The number of nitrogens with zero attached hydrogens (tertiary/aromatic N) is 4. The average Bonchev–Trinajstić information content (AvgIpc) is 3.27. The highest BCUT2D eigenvalue weighted by molar-refractivity contribution is 7.88. The van der Waals surface area contributed by atoms with Crippen molar-refractivity contribution in [3.05, 3.63) is 46.3 Å². The Balaban J connectivity index is 1.63. The third-order valence-electron chi connectivity index (χ3n) is 5.55. The maximum Gasteiger partial charge on any atom is 0.285 e. The second-order valence-corrected chi connectivity index (χ2v) is 9.35. The molecule has 1 fully saturated rings. The molecule has 4 rings (SSSR count). The molecule has 0 saturated carbocycles. The highest BCUT2D eigenvalue weighted by atomic mass is 32.2. The maximum absolute atomic E-state index is 12.7. The van der Waals surface area contributed by atoms with Gasteiger partial charge < -0.3 is 14.6 Å². The number of carbonyl (C=O) groups excluding carboxylic acids is 1. The summed E-state index contributed by atoms with van der Waals surface area (Å²) in [5.74, 6) is 0.180. The van der Waals surface area contributed by atoms with Crippen LogP contribution in [0.5, 0.6) is 5.88 Å². The Bertz CT molecular complexity index is 1150. The van der Waals surface area contributed by atoms with E-state index in [-0.39, 0.29) is 11.4 Å². The van der Waals surface area contributed by atoms with Crippen LogP contribution in [0.1, 0.15) is 29.0 Å². The predicted octanol–water partition coefficient (Wildman–Crippen LogP) is 0.206. The number of sulfonamides is 1. The zero-order chi connectivity index (χ0) is 20.8. The Kier molecular flexibility index (Phi) is 4.66. The van der Waals surface area contributed by atoms with E-state index >= 15 is 0 Å². The lowest BCUT2D eigenvalue weighted by atomic mass is 9.85. The second kappa shape index (κ2) is 6.92. The van der Waals surface area contributed by atoms with Crippen molar-refractivity contribution >= 4 is 21.6 Å². The van der Waals surface area contributed by atoms with Crippen LogP contribution in [0.3, 0.4) is 0 Å². The van der Waals surface area contributed by atoms with Gasteiger partial charge in [-0.25, -0.2) is 17.7 Å². The molecule has 1 unspecified atom stereocenters. The molecule has 154 valence electrons. The van der Waals surface area contributed by atoms with Gasteiger partial charge >= 0.3 is 0 Å². The number of hydrogen-bond donors (Lipinski definition) is 1. The Morgan fingerprint density at radius 2 is 2.07 bits per heavy atom. The van der Waals surface area contributed by atoms with Crippen LogP contribution in [0.2, 0.25) is 0 Å². The van der Waals surface area contributed by atoms with Crippen LogP contribution < -0.4 is 15.6 Å². The number of ether oxygens (including phenoxy) is 1. The third kappa shape index (κ3) is 3.40. The van der Waals surface area contributed by atoms with Gasteiger partial charge in [0.2, 0.25) is 15.9 Å². The van der Waals surface area contributed by atoms with Crippen molar-refractivity contribution in [2.45, 2.75) is 24.8 Å². The van der Waals surface area contributed by atoms with E-state index in [4.69, 9.17) is 4.74 Å². The van der Waals surface area contributed by atoms with E-state index in [2.05, 4.69) is 15.3 Å². The molecule has 0 aromatic carbocycles. The van der Waals surface area contributed by atoms with Gasteiger partial charge in [0.15, 0.2) is 0 Å². The van der Waals surface area contributed by atoms with Crippen molar-refractivity contribution in [2.24, 2.45) is 0 Å². The summed E-state index contributed by atoms with van der Waals surface area (Å²) in [6.07, 6.45) is 5.49. The first kappa shape index (κ1) is 19.5. The number of aryl methyl sites for hydroxylation is 1. The first-order chi connectivity index (χ1) is 13.7. The van der Waals surface area contributed by atoms with Crippen molar-refractivity contribution in [1.29, 1.82) is 0 Å². The summed E-state index contributed by atoms with van der Waals surface area (Å²) in [6, 6.07) is 3.26. The highest BCUT2D eigenvalue weighted by Gasteiger charge is 2.48. The predicted molar refractivity (Wildman–Crippen MR) is 105 cm³/mol. The molecule has 10 nitrogen and oxygen atoms in total. The lowest BCUT2D eigenvalue weighted by Crippen LogP contribution is -2.35. The van der Waals surface area contributed by atoms with Crippen molar-refractivity contribution in [3.63, 3.8) is 0 Å². The second-order valence-electron chi connectivity index (χ2n) is 7.37. The van der Waals surface area contributed by atoms with Gasteiger partial charge in [-0.2, -0.15) is 4.98 Å². The number of pyridine rings is 1. The lowest BCUT2D eigenvalue weighted by Gasteiger charge is -2.22. The summed E-state index contributed by atoms with van der Waals surface area (Å²) >= 11 is 0. The molecule has 1 saturated heterocycles. The molecule has 1 amide bonds.